The number of primary amides is 1. The molecule has 0 fully saturated rings. The maximum absolute atomic E-state index is 11.8. The number of amides is 2. The van der Waals surface area contributed by atoms with Gasteiger partial charge in [0.15, 0.2) is 0 Å². The molecule has 1 aromatic rings. The van der Waals surface area contributed by atoms with E-state index < -0.39 is 30.2 Å². The van der Waals surface area contributed by atoms with E-state index in [4.69, 9.17) is 16.6 Å². The van der Waals surface area contributed by atoms with Crippen molar-refractivity contribution in [2.24, 2.45) is 11.5 Å². The Morgan fingerprint density at radius 1 is 1.53 bits per heavy atom. The van der Waals surface area contributed by atoms with Crippen molar-refractivity contribution in [2.75, 3.05) is 0 Å². The van der Waals surface area contributed by atoms with Crippen LogP contribution < -0.4 is 16.8 Å². The summed E-state index contributed by atoms with van der Waals surface area (Å²) in [5.74, 6) is -2.84. The summed E-state index contributed by atoms with van der Waals surface area (Å²) in [6.07, 6.45) is -0.481. The van der Waals surface area contributed by atoms with Crippen molar-refractivity contribution in [3.05, 3.63) is 16.1 Å². The van der Waals surface area contributed by atoms with E-state index >= 15 is 0 Å². The number of carbonyl (C=O) groups excluding carboxylic acids is 2. The van der Waals surface area contributed by atoms with E-state index in [9.17, 15) is 14.4 Å². The number of nitrogens with zero attached hydrogens (tertiary/aromatic N) is 1. The Morgan fingerprint density at radius 3 is 2.58 bits per heavy atom. The van der Waals surface area contributed by atoms with Crippen LogP contribution in [0.1, 0.15) is 34.9 Å². The molecular formula is C10H14N4O4S. The number of carboxylic acids is 1. The first-order valence-corrected chi connectivity index (χ1v) is 6.22. The predicted octanol–water partition coefficient (Wildman–Crippen LogP) is -0.779. The van der Waals surface area contributed by atoms with Crippen LogP contribution in [0.25, 0.3) is 0 Å². The van der Waals surface area contributed by atoms with E-state index in [0.29, 0.717) is 5.01 Å². The summed E-state index contributed by atoms with van der Waals surface area (Å²) >= 11 is 1.20. The van der Waals surface area contributed by atoms with Crippen LogP contribution in [0, 0.1) is 0 Å². The molecule has 0 aliphatic carbocycles. The van der Waals surface area contributed by atoms with Gasteiger partial charge in [0, 0.05) is 5.38 Å². The topological polar surface area (TPSA) is 148 Å². The van der Waals surface area contributed by atoms with Crippen LogP contribution in [0.2, 0.25) is 0 Å². The molecule has 1 unspecified atom stereocenters. The molecule has 0 radical (unpaired) electrons. The first-order valence-electron chi connectivity index (χ1n) is 5.34. The molecule has 1 heterocycles. The summed E-state index contributed by atoms with van der Waals surface area (Å²) in [5, 5.41) is 13.1. The lowest BCUT2D eigenvalue weighted by Gasteiger charge is -2.11. The molecule has 6 N–H and O–H groups in total. The molecule has 0 aliphatic rings. The highest BCUT2D eigenvalue weighted by Gasteiger charge is 2.24. The van der Waals surface area contributed by atoms with E-state index in [1.54, 1.807) is 6.92 Å². The Morgan fingerprint density at radius 2 is 2.16 bits per heavy atom. The monoisotopic (exact) mass is 286 g/mol. The zero-order valence-corrected chi connectivity index (χ0v) is 10.9. The summed E-state index contributed by atoms with van der Waals surface area (Å²) in [6.45, 7) is 1.72. The highest BCUT2D eigenvalue weighted by molar-refractivity contribution is 7.09. The second-order valence-electron chi connectivity index (χ2n) is 3.89. The number of aromatic nitrogens is 1. The molecule has 0 bridgehead atoms. The molecule has 2 atom stereocenters. The van der Waals surface area contributed by atoms with Gasteiger partial charge in [-0.25, -0.2) is 9.78 Å². The first kappa shape index (κ1) is 15.1. The number of hydrogen-bond donors (Lipinski definition) is 4. The van der Waals surface area contributed by atoms with Gasteiger partial charge in [-0.05, 0) is 6.92 Å². The number of carboxylic acid groups (broad SMARTS) is 1. The minimum Gasteiger partial charge on any atom is -0.480 e. The van der Waals surface area contributed by atoms with Crippen LogP contribution in [0.15, 0.2) is 5.38 Å². The van der Waals surface area contributed by atoms with Crippen LogP contribution in [-0.4, -0.2) is 33.9 Å². The molecule has 0 spiro atoms. The van der Waals surface area contributed by atoms with E-state index in [-0.39, 0.29) is 11.7 Å². The number of hydrogen-bond acceptors (Lipinski definition) is 6. The van der Waals surface area contributed by atoms with Crippen LogP contribution in [0.3, 0.4) is 0 Å². The van der Waals surface area contributed by atoms with Crippen molar-refractivity contribution in [3.8, 4) is 0 Å². The second kappa shape index (κ2) is 6.25. The predicted molar refractivity (Wildman–Crippen MR) is 67.4 cm³/mol. The fourth-order valence-corrected chi connectivity index (χ4v) is 1.99. The van der Waals surface area contributed by atoms with Gasteiger partial charge in [-0.3, -0.25) is 9.59 Å². The molecule has 19 heavy (non-hydrogen) atoms. The van der Waals surface area contributed by atoms with Crippen LogP contribution in [-0.2, 0) is 9.59 Å². The number of thiazole rings is 1. The molecule has 2 amide bonds. The van der Waals surface area contributed by atoms with Crippen molar-refractivity contribution >= 4 is 29.1 Å². The van der Waals surface area contributed by atoms with Gasteiger partial charge in [0.1, 0.15) is 16.7 Å². The van der Waals surface area contributed by atoms with Crippen LogP contribution >= 0.6 is 11.3 Å². The maximum Gasteiger partial charge on any atom is 0.326 e. The quantitative estimate of drug-likeness (QED) is 0.539. The summed E-state index contributed by atoms with van der Waals surface area (Å²) < 4.78 is 0. The van der Waals surface area contributed by atoms with Crippen molar-refractivity contribution < 1.29 is 19.5 Å². The third kappa shape index (κ3) is 4.30. The van der Waals surface area contributed by atoms with Gasteiger partial charge >= 0.3 is 5.97 Å². The zero-order chi connectivity index (χ0) is 14.6. The number of rotatable bonds is 6. The van der Waals surface area contributed by atoms with Gasteiger partial charge in [-0.1, -0.05) is 0 Å². The lowest BCUT2D eigenvalue weighted by atomic mass is 10.2. The van der Waals surface area contributed by atoms with Crippen LogP contribution in [0.5, 0.6) is 0 Å². The molecule has 8 nitrogen and oxygen atoms in total. The van der Waals surface area contributed by atoms with Gasteiger partial charge in [-0.15, -0.1) is 11.3 Å². The second-order valence-corrected chi connectivity index (χ2v) is 4.78. The maximum atomic E-state index is 11.8. The van der Waals surface area contributed by atoms with Gasteiger partial charge in [0.2, 0.25) is 5.91 Å². The number of carbonyl (C=O) groups is 3. The van der Waals surface area contributed by atoms with Gasteiger partial charge < -0.3 is 21.9 Å². The largest absolute Gasteiger partial charge is 0.480 e. The molecule has 104 valence electrons. The number of nitrogens with one attached hydrogen (secondary N) is 1. The SMILES string of the molecule is CC(N)c1nc(C(=O)N[C@H](CC(N)=O)C(=O)O)cs1. The molecular weight excluding hydrogens is 272 g/mol. The summed E-state index contributed by atoms with van der Waals surface area (Å²) in [4.78, 5) is 37.3. The Kier molecular flexibility index (Phi) is 4.95. The van der Waals surface area contributed by atoms with E-state index in [0.717, 1.165) is 0 Å². The third-order valence-corrected chi connectivity index (χ3v) is 3.20. The average molecular weight is 286 g/mol. The smallest absolute Gasteiger partial charge is 0.326 e. The van der Waals surface area contributed by atoms with Crippen LogP contribution in [0.4, 0.5) is 0 Å². The number of aliphatic carboxylic acids is 1. The summed E-state index contributed by atoms with van der Waals surface area (Å²) in [5.41, 5.74) is 10.6. The minimum atomic E-state index is -1.37. The molecule has 0 saturated carbocycles. The van der Waals surface area contributed by atoms with Crippen molar-refractivity contribution in [3.63, 3.8) is 0 Å². The van der Waals surface area contributed by atoms with Gasteiger partial charge in [-0.2, -0.15) is 0 Å². The standard InChI is InChI=1S/C10H14N4O4S/c1-4(11)9-14-6(3-19-9)8(16)13-5(10(17)18)2-7(12)15/h3-5H,2,11H2,1H3,(H2,12,15)(H,13,16)(H,17,18)/t4?,5-/m1/s1. The first-order chi connectivity index (χ1) is 8.81. The normalized spacial score (nSPS) is 13.6. The molecule has 1 aromatic heterocycles. The highest BCUT2D eigenvalue weighted by Crippen LogP contribution is 2.15. The molecule has 0 aromatic carbocycles. The molecule has 0 aliphatic heterocycles. The van der Waals surface area contributed by atoms with Gasteiger partial charge in [0.05, 0.1) is 12.5 Å². The fraction of sp³-hybridized carbons (Fsp3) is 0.400. The molecule has 9 heteroatoms. The van der Waals surface area contributed by atoms with Crippen molar-refractivity contribution in [2.45, 2.75) is 25.4 Å². The van der Waals surface area contributed by atoms with E-state index in [2.05, 4.69) is 10.3 Å². The lowest BCUT2D eigenvalue weighted by Crippen LogP contribution is -2.43. The van der Waals surface area contributed by atoms with Gasteiger partial charge in [0.25, 0.3) is 5.91 Å². The Hall–Kier alpha value is -2.00. The van der Waals surface area contributed by atoms with Crippen molar-refractivity contribution in [1.82, 2.24) is 10.3 Å². The fourth-order valence-electron chi connectivity index (χ4n) is 1.23. The summed E-state index contributed by atoms with van der Waals surface area (Å²) in [6, 6.07) is -1.68. The minimum absolute atomic E-state index is 0.0630. The lowest BCUT2D eigenvalue weighted by molar-refractivity contribution is -0.140. The highest BCUT2D eigenvalue weighted by atomic mass is 32.1. The zero-order valence-electron chi connectivity index (χ0n) is 10.1. The molecule has 0 saturated heterocycles. The Labute approximate surface area is 112 Å². The van der Waals surface area contributed by atoms with Crippen molar-refractivity contribution in [1.29, 1.82) is 0 Å². The molecule has 1 rings (SSSR count). The summed E-state index contributed by atoms with van der Waals surface area (Å²) in [7, 11) is 0. The number of nitrogens with two attached hydrogens (primary N) is 2. The van der Waals surface area contributed by atoms with E-state index in [1.807, 2.05) is 0 Å². The Bertz CT molecular complexity index is 499. The third-order valence-electron chi connectivity index (χ3n) is 2.15. The Balaban J connectivity index is 2.75. The average Bonchev–Trinajstić information content (AvgIpc) is 2.76. The van der Waals surface area contributed by atoms with E-state index in [1.165, 1.54) is 16.7 Å².